The van der Waals surface area contributed by atoms with Gasteiger partial charge in [-0.3, -0.25) is 0 Å². The minimum Gasteiger partial charge on any atom is -0.376 e. The fourth-order valence-electron chi connectivity index (χ4n) is 1.35. The maximum Gasteiger partial charge on any atom is 0.340 e. The maximum atomic E-state index is 13.4. The smallest absolute Gasteiger partial charge is 0.340 e. The van der Waals surface area contributed by atoms with Crippen LogP contribution in [-0.4, -0.2) is 8.42 Å². The molecule has 0 heterocycles. The monoisotopic (exact) mass is 408 g/mol. The Morgan fingerprint density at radius 2 is 1.74 bits per heavy atom. The van der Waals surface area contributed by atoms with Crippen LogP contribution in [0.1, 0.15) is 0 Å². The molecule has 7 heteroatoms. The predicted octanol–water partition coefficient (Wildman–Crippen LogP) is 4.12. The van der Waals surface area contributed by atoms with Crippen molar-refractivity contribution in [2.75, 3.05) is 0 Å². The van der Waals surface area contributed by atoms with E-state index in [1.165, 1.54) is 24.3 Å². The fourth-order valence-corrected chi connectivity index (χ4v) is 3.99. The van der Waals surface area contributed by atoms with Crippen LogP contribution in [0.3, 0.4) is 0 Å². The first-order valence-electron chi connectivity index (χ1n) is 5.04. The highest BCUT2D eigenvalue weighted by Crippen LogP contribution is 2.28. The Morgan fingerprint density at radius 1 is 1.05 bits per heavy atom. The molecule has 0 saturated heterocycles. The van der Waals surface area contributed by atoms with E-state index in [1.807, 2.05) is 0 Å². The first kappa shape index (κ1) is 14.5. The van der Waals surface area contributed by atoms with Gasteiger partial charge in [0, 0.05) is 8.95 Å². The van der Waals surface area contributed by atoms with Crippen LogP contribution < -0.4 is 4.18 Å². The molecule has 0 aliphatic carbocycles. The quantitative estimate of drug-likeness (QED) is 0.716. The van der Waals surface area contributed by atoms with E-state index in [0.29, 0.717) is 8.95 Å². The lowest BCUT2D eigenvalue weighted by atomic mass is 10.3. The van der Waals surface area contributed by atoms with Crippen LogP contribution in [0.15, 0.2) is 56.3 Å². The molecule has 2 aromatic carbocycles. The molecule has 0 saturated carbocycles. The van der Waals surface area contributed by atoms with Crippen LogP contribution in [0.5, 0.6) is 5.75 Å². The summed E-state index contributed by atoms with van der Waals surface area (Å²) in [7, 11) is -4.09. The molecule has 0 spiro atoms. The molecule has 2 rings (SSSR count). The minimum absolute atomic E-state index is 0.0704. The van der Waals surface area contributed by atoms with E-state index in [0.717, 1.165) is 6.07 Å². The average molecular weight is 410 g/mol. The molecule has 2 aromatic rings. The van der Waals surface area contributed by atoms with Crippen molar-refractivity contribution in [2.45, 2.75) is 4.90 Å². The third-order valence-electron chi connectivity index (χ3n) is 2.20. The number of hydrogen-bond acceptors (Lipinski definition) is 3. The van der Waals surface area contributed by atoms with Crippen LogP contribution in [-0.2, 0) is 10.1 Å². The SMILES string of the molecule is O=S(=O)(Oc1ccccc1F)c1ccc(Br)cc1Br. The van der Waals surface area contributed by atoms with Crippen LogP contribution >= 0.6 is 31.9 Å². The molecule has 0 atom stereocenters. The van der Waals surface area contributed by atoms with Gasteiger partial charge >= 0.3 is 10.1 Å². The van der Waals surface area contributed by atoms with Gasteiger partial charge in [-0.25, -0.2) is 4.39 Å². The summed E-state index contributed by atoms with van der Waals surface area (Å²) < 4.78 is 43.3. The standard InChI is InChI=1S/C12H7Br2FO3S/c13-8-5-6-12(9(14)7-8)19(16,17)18-11-4-2-1-3-10(11)15/h1-7H. The molecular weight excluding hydrogens is 403 g/mol. The topological polar surface area (TPSA) is 43.4 Å². The van der Waals surface area contributed by atoms with E-state index in [4.69, 9.17) is 4.18 Å². The van der Waals surface area contributed by atoms with Crippen molar-refractivity contribution in [2.24, 2.45) is 0 Å². The van der Waals surface area contributed by atoms with Crippen molar-refractivity contribution in [1.29, 1.82) is 0 Å². The fraction of sp³-hybridized carbons (Fsp3) is 0. The summed E-state index contributed by atoms with van der Waals surface area (Å²) in [6.45, 7) is 0. The zero-order chi connectivity index (χ0) is 14.0. The highest BCUT2D eigenvalue weighted by atomic mass is 79.9. The first-order chi connectivity index (χ1) is 8.90. The molecule has 0 fully saturated rings. The van der Waals surface area contributed by atoms with Crippen molar-refractivity contribution in [3.63, 3.8) is 0 Å². The Morgan fingerprint density at radius 3 is 2.37 bits per heavy atom. The Balaban J connectivity index is 2.41. The third kappa shape index (κ3) is 3.34. The lowest BCUT2D eigenvalue weighted by Gasteiger charge is -2.09. The lowest BCUT2D eigenvalue weighted by Crippen LogP contribution is -2.11. The molecular formula is C12H7Br2FO3S. The third-order valence-corrected chi connectivity index (χ3v) is 4.90. The predicted molar refractivity (Wildman–Crippen MR) is 76.1 cm³/mol. The zero-order valence-electron chi connectivity index (χ0n) is 9.31. The highest BCUT2D eigenvalue weighted by Gasteiger charge is 2.21. The van der Waals surface area contributed by atoms with Crippen molar-refractivity contribution in [1.82, 2.24) is 0 Å². The number of rotatable bonds is 3. The molecule has 0 radical (unpaired) electrons. The summed E-state index contributed by atoms with van der Waals surface area (Å²) in [6, 6.07) is 9.81. The zero-order valence-corrected chi connectivity index (χ0v) is 13.3. The molecule has 0 aliphatic rings. The Labute approximate surface area is 126 Å². The van der Waals surface area contributed by atoms with E-state index in [1.54, 1.807) is 12.1 Å². The van der Waals surface area contributed by atoms with Crippen LogP contribution in [0.25, 0.3) is 0 Å². The van der Waals surface area contributed by atoms with Gasteiger partial charge in [0.05, 0.1) is 0 Å². The van der Waals surface area contributed by atoms with E-state index in [9.17, 15) is 12.8 Å². The largest absolute Gasteiger partial charge is 0.376 e. The molecule has 0 aromatic heterocycles. The van der Waals surface area contributed by atoms with E-state index >= 15 is 0 Å². The number of para-hydroxylation sites is 1. The molecule has 0 amide bonds. The van der Waals surface area contributed by atoms with Crippen molar-refractivity contribution in [3.8, 4) is 5.75 Å². The highest BCUT2D eigenvalue weighted by molar-refractivity contribution is 9.11. The molecule has 0 unspecified atom stereocenters. The summed E-state index contributed by atoms with van der Waals surface area (Å²) in [5.74, 6) is -1.07. The van der Waals surface area contributed by atoms with E-state index in [-0.39, 0.29) is 10.6 Å². The second-order valence-electron chi connectivity index (χ2n) is 3.54. The molecule has 0 aliphatic heterocycles. The molecule has 19 heavy (non-hydrogen) atoms. The van der Waals surface area contributed by atoms with Gasteiger partial charge in [-0.05, 0) is 46.3 Å². The Hall–Kier alpha value is -0.920. The number of benzene rings is 2. The molecule has 3 nitrogen and oxygen atoms in total. The molecule has 0 bridgehead atoms. The van der Waals surface area contributed by atoms with Crippen LogP contribution in [0, 0.1) is 5.82 Å². The second kappa shape index (κ2) is 5.60. The van der Waals surface area contributed by atoms with Crippen molar-refractivity contribution >= 4 is 42.0 Å². The van der Waals surface area contributed by atoms with Gasteiger partial charge in [-0.1, -0.05) is 28.1 Å². The van der Waals surface area contributed by atoms with Crippen molar-refractivity contribution < 1.29 is 17.0 Å². The summed E-state index contributed by atoms with van der Waals surface area (Å²) in [4.78, 5) is -0.0704. The lowest BCUT2D eigenvalue weighted by molar-refractivity contribution is 0.461. The van der Waals surface area contributed by atoms with Gasteiger partial charge in [-0.15, -0.1) is 0 Å². The summed E-state index contributed by atoms with van der Waals surface area (Å²) in [6.07, 6.45) is 0. The van der Waals surface area contributed by atoms with Gasteiger partial charge in [0.2, 0.25) is 0 Å². The summed E-state index contributed by atoms with van der Waals surface area (Å²) in [5, 5.41) is 0. The molecule has 100 valence electrons. The van der Waals surface area contributed by atoms with Gasteiger partial charge in [0.15, 0.2) is 11.6 Å². The summed E-state index contributed by atoms with van der Waals surface area (Å²) >= 11 is 6.35. The van der Waals surface area contributed by atoms with E-state index < -0.39 is 15.9 Å². The average Bonchev–Trinajstić information content (AvgIpc) is 2.31. The first-order valence-corrected chi connectivity index (χ1v) is 8.03. The Kier molecular flexibility index (Phi) is 4.27. The van der Waals surface area contributed by atoms with Crippen molar-refractivity contribution in [3.05, 3.63) is 57.2 Å². The van der Waals surface area contributed by atoms with Gasteiger partial charge < -0.3 is 4.18 Å². The van der Waals surface area contributed by atoms with E-state index in [2.05, 4.69) is 31.9 Å². The second-order valence-corrected chi connectivity index (χ2v) is 6.83. The number of halogens is 3. The minimum atomic E-state index is -4.09. The van der Waals surface area contributed by atoms with Crippen LogP contribution in [0.4, 0.5) is 4.39 Å². The maximum absolute atomic E-state index is 13.4. The van der Waals surface area contributed by atoms with Gasteiger partial charge in [0.25, 0.3) is 0 Å². The van der Waals surface area contributed by atoms with Crippen LogP contribution in [0.2, 0.25) is 0 Å². The number of hydrogen-bond donors (Lipinski definition) is 0. The Bertz CT molecular complexity index is 717. The summed E-state index contributed by atoms with van der Waals surface area (Å²) in [5.41, 5.74) is 0. The normalized spacial score (nSPS) is 11.3. The van der Waals surface area contributed by atoms with Gasteiger partial charge in [0.1, 0.15) is 4.90 Å². The van der Waals surface area contributed by atoms with Gasteiger partial charge in [-0.2, -0.15) is 8.42 Å². The molecule has 0 N–H and O–H groups in total.